The number of carbonyl (C=O) groups is 1. The molecule has 0 unspecified atom stereocenters. The second-order valence-corrected chi connectivity index (χ2v) is 6.16. The van der Waals surface area contributed by atoms with Gasteiger partial charge in [0, 0.05) is 31.5 Å². The highest BCUT2D eigenvalue weighted by Gasteiger charge is 2.21. The van der Waals surface area contributed by atoms with Crippen molar-refractivity contribution in [3.63, 3.8) is 0 Å². The molecule has 0 aliphatic carbocycles. The van der Waals surface area contributed by atoms with Gasteiger partial charge in [-0.3, -0.25) is 9.69 Å². The Labute approximate surface area is 136 Å². The van der Waals surface area contributed by atoms with Crippen molar-refractivity contribution in [3.8, 4) is 0 Å². The van der Waals surface area contributed by atoms with Crippen LogP contribution in [0.25, 0.3) is 5.65 Å². The van der Waals surface area contributed by atoms with Crippen LogP contribution in [0.15, 0.2) is 24.5 Å². The lowest BCUT2D eigenvalue weighted by molar-refractivity contribution is 0.0849. The summed E-state index contributed by atoms with van der Waals surface area (Å²) < 4.78 is 1.87. The highest BCUT2D eigenvalue weighted by atomic mass is 16.3. The smallest absolute Gasteiger partial charge is 0.255 e. The molecule has 23 heavy (non-hydrogen) atoms. The van der Waals surface area contributed by atoms with Crippen LogP contribution in [0.1, 0.15) is 35.3 Å². The Morgan fingerprint density at radius 1 is 1.48 bits per heavy atom. The highest BCUT2D eigenvalue weighted by molar-refractivity contribution is 5.99. The number of fused-ring (bicyclic) bond motifs is 1. The van der Waals surface area contributed by atoms with Crippen molar-refractivity contribution in [1.82, 2.24) is 19.6 Å². The molecule has 6 heteroatoms. The molecule has 2 aromatic heterocycles. The zero-order chi connectivity index (χ0) is 16.2. The van der Waals surface area contributed by atoms with Crippen molar-refractivity contribution >= 4 is 11.6 Å². The quantitative estimate of drug-likeness (QED) is 0.870. The summed E-state index contributed by atoms with van der Waals surface area (Å²) in [6.07, 6.45) is 7.18. The molecule has 2 N–H and O–H groups in total. The minimum atomic E-state index is -0.0984. The first-order chi connectivity index (χ1) is 11.2. The van der Waals surface area contributed by atoms with Gasteiger partial charge in [0.15, 0.2) is 0 Å². The predicted octanol–water partition coefficient (Wildman–Crippen LogP) is 1.22. The first kappa shape index (κ1) is 16.0. The average molecular weight is 316 g/mol. The number of aromatic nitrogens is 2. The summed E-state index contributed by atoms with van der Waals surface area (Å²) >= 11 is 0. The Hall–Kier alpha value is -1.92. The highest BCUT2D eigenvalue weighted by Crippen LogP contribution is 2.16. The van der Waals surface area contributed by atoms with Crippen LogP contribution >= 0.6 is 0 Å². The van der Waals surface area contributed by atoms with Gasteiger partial charge in [-0.2, -0.15) is 0 Å². The number of likely N-dealkylation sites (tertiary alicyclic amines) is 1. The van der Waals surface area contributed by atoms with E-state index in [0.717, 1.165) is 31.6 Å². The largest absolute Gasteiger partial charge is 0.395 e. The number of aliphatic hydroxyl groups is 1. The van der Waals surface area contributed by atoms with Crippen molar-refractivity contribution in [2.24, 2.45) is 0 Å². The van der Waals surface area contributed by atoms with E-state index in [2.05, 4.69) is 15.2 Å². The average Bonchev–Trinajstić information content (AvgIpc) is 2.95. The fourth-order valence-corrected chi connectivity index (χ4v) is 3.28. The maximum Gasteiger partial charge on any atom is 0.255 e. The minimum absolute atomic E-state index is 0.0984. The molecule has 1 saturated heterocycles. The summed E-state index contributed by atoms with van der Waals surface area (Å²) in [5, 5.41) is 12.4. The van der Waals surface area contributed by atoms with Gasteiger partial charge in [0.1, 0.15) is 5.65 Å². The number of hydrogen-bond donors (Lipinski definition) is 2. The number of carbonyl (C=O) groups excluding carboxylic acids is 1. The number of hydrogen-bond acceptors (Lipinski definition) is 4. The molecule has 0 aromatic carbocycles. The summed E-state index contributed by atoms with van der Waals surface area (Å²) in [7, 11) is 0. The zero-order valence-electron chi connectivity index (χ0n) is 13.5. The lowest BCUT2D eigenvalue weighted by Crippen LogP contribution is -2.45. The Kier molecular flexibility index (Phi) is 4.93. The maximum absolute atomic E-state index is 12.4. The van der Waals surface area contributed by atoms with E-state index in [-0.39, 0.29) is 18.6 Å². The van der Waals surface area contributed by atoms with Crippen LogP contribution < -0.4 is 5.32 Å². The van der Waals surface area contributed by atoms with E-state index in [1.54, 1.807) is 6.07 Å². The van der Waals surface area contributed by atoms with Gasteiger partial charge in [-0.25, -0.2) is 4.98 Å². The molecule has 3 heterocycles. The molecule has 2 aromatic rings. The van der Waals surface area contributed by atoms with Crippen LogP contribution in [0.4, 0.5) is 0 Å². The van der Waals surface area contributed by atoms with Crippen molar-refractivity contribution in [3.05, 3.63) is 35.8 Å². The number of aryl methyl sites for hydroxylation is 1. The van der Waals surface area contributed by atoms with Crippen molar-refractivity contribution in [2.45, 2.75) is 32.2 Å². The van der Waals surface area contributed by atoms with Crippen molar-refractivity contribution in [1.29, 1.82) is 0 Å². The molecular formula is C17H24N4O2. The summed E-state index contributed by atoms with van der Waals surface area (Å²) in [6, 6.07) is 3.89. The fourth-order valence-electron chi connectivity index (χ4n) is 3.28. The number of rotatable bonds is 5. The van der Waals surface area contributed by atoms with Crippen LogP contribution in [-0.4, -0.2) is 57.6 Å². The molecule has 1 amide bonds. The monoisotopic (exact) mass is 316 g/mol. The third-order valence-corrected chi connectivity index (χ3v) is 4.49. The summed E-state index contributed by atoms with van der Waals surface area (Å²) in [5.74, 6) is -0.0984. The second kappa shape index (κ2) is 7.10. The topological polar surface area (TPSA) is 69.9 Å². The molecule has 0 spiro atoms. The number of pyridine rings is 1. The molecule has 1 aliphatic heterocycles. The molecule has 1 atom stereocenters. The molecule has 0 radical (unpaired) electrons. The molecular weight excluding hydrogens is 292 g/mol. The summed E-state index contributed by atoms with van der Waals surface area (Å²) in [4.78, 5) is 19.1. The van der Waals surface area contributed by atoms with Crippen LogP contribution in [0.2, 0.25) is 0 Å². The first-order valence-corrected chi connectivity index (χ1v) is 8.26. The lowest BCUT2D eigenvalue weighted by atomic mass is 10.0. The predicted molar refractivity (Wildman–Crippen MR) is 88.6 cm³/mol. The molecule has 124 valence electrons. The summed E-state index contributed by atoms with van der Waals surface area (Å²) in [5.41, 5.74) is 2.18. The van der Waals surface area contributed by atoms with E-state index < -0.39 is 0 Å². The second-order valence-electron chi connectivity index (χ2n) is 6.16. The van der Waals surface area contributed by atoms with Gasteiger partial charge < -0.3 is 14.8 Å². The Balaban J connectivity index is 1.60. The normalized spacial score (nSPS) is 19.1. The number of imidazole rings is 1. The van der Waals surface area contributed by atoms with Gasteiger partial charge in [0.05, 0.1) is 17.9 Å². The number of nitrogens with zero attached hydrogens (tertiary/aromatic N) is 3. The van der Waals surface area contributed by atoms with E-state index in [9.17, 15) is 9.90 Å². The van der Waals surface area contributed by atoms with Crippen LogP contribution in [0.5, 0.6) is 0 Å². The standard InChI is InChI=1S/C17H24N4O2/c1-13-11-21-9-4-6-15(16(21)19-13)17(23)18-7-10-20-8-3-2-5-14(20)12-22/h4,6,9,11,14,22H,2-3,5,7-8,10,12H2,1H3,(H,18,23)/t14-/m0/s1. The molecule has 1 aliphatic rings. The number of piperidine rings is 1. The molecule has 1 fully saturated rings. The van der Waals surface area contributed by atoms with E-state index >= 15 is 0 Å². The van der Waals surface area contributed by atoms with Gasteiger partial charge in [0.2, 0.25) is 0 Å². The van der Waals surface area contributed by atoms with E-state index in [4.69, 9.17) is 0 Å². The summed E-state index contributed by atoms with van der Waals surface area (Å²) in [6.45, 7) is 4.46. The van der Waals surface area contributed by atoms with Crippen LogP contribution in [-0.2, 0) is 0 Å². The van der Waals surface area contributed by atoms with Gasteiger partial charge in [-0.05, 0) is 38.4 Å². The Morgan fingerprint density at radius 3 is 3.17 bits per heavy atom. The Morgan fingerprint density at radius 2 is 2.35 bits per heavy atom. The van der Waals surface area contributed by atoms with Crippen LogP contribution in [0, 0.1) is 6.92 Å². The van der Waals surface area contributed by atoms with Gasteiger partial charge >= 0.3 is 0 Å². The van der Waals surface area contributed by atoms with Gasteiger partial charge in [0.25, 0.3) is 5.91 Å². The molecule has 6 nitrogen and oxygen atoms in total. The zero-order valence-corrected chi connectivity index (χ0v) is 13.5. The Bertz CT molecular complexity index is 682. The van der Waals surface area contributed by atoms with Gasteiger partial charge in [-0.15, -0.1) is 0 Å². The maximum atomic E-state index is 12.4. The van der Waals surface area contributed by atoms with Crippen molar-refractivity contribution < 1.29 is 9.90 Å². The SMILES string of the molecule is Cc1cn2cccc(C(=O)NCCN3CCCC[C@H]3CO)c2n1. The van der Waals surface area contributed by atoms with E-state index in [1.165, 1.54) is 6.42 Å². The molecule has 0 bridgehead atoms. The third-order valence-electron chi connectivity index (χ3n) is 4.49. The number of amides is 1. The third kappa shape index (κ3) is 3.54. The molecule has 3 rings (SSSR count). The first-order valence-electron chi connectivity index (χ1n) is 8.26. The number of nitrogens with one attached hydrogen (secondary N) is 1. The number of aliphatic hydroxyl groups excluding tert-OH is 1. The fraction of sp³-hybridized carbons (Fsp3) is 0.529. The lowest BCUT2D eigenvalue weighted by Gasteiger charge is -2.34. The van der Waals surface area contributed by atoms with E-state index in [1.807, 2.05) is 29.8 Å². The minimum Gasteiger partial charge on any atom is -0.395 e. The van der Waals surface area contributed by atoms with E-state index in [0.29, 0.717) is 17.8 Å². The van der Waals surface area contributed by atoms with Crippen molar-refractivity contribution in [2.75, 3.05) is 26.2 Å². The van der Waals surface area contributed by atoms with Crippen LogP contribution in [0.3, 0.4) is 0 Å². The molecule has 0 saturated carbocycles. The van der Waals surface area contributed by atoms with Gasteiger partial charge in [-0.1, -0.05) is 6.42 Å².